The fourth-order valence-corrected chi connectivity index (χ4v) is 2.63. The molecule has 1 heterocycles. The lowest BCUT2D eigenvalue weighted by Gasteiger charge is -2.05. The lowest BCUT2D eigenvalue weighted by atomic mass is 10.1. The van der Waals surface area contributed by atoms with Crippen molar-refractivity contribution in [3.05, 3.63) is 65.6 Å². The molecular formula is C19H17FN2O3. The van der Waals surface area contributed by atoms with Gasteiger partial charge in [-0.25, -0.2) is 4.39 Å². The molecule has 0 bridgehead atoms. The molecule has 25 heavy (non-hydrogen) atoms. The lowest BCUT2D eigenvalue weighted by Crippen LogP contribution is -2.32. The molecule has 1 amide bonds. The number of benzene rings is 2. The van der Waals surface area contributed by atoms with Gasteiger partial charge in [-0.15, -0.1) is 0 Å². The zero-order valence-electron chi connectivity index (χ0n) is 13.6. The molecule has 3 aromatic rings. The minimum absolute atomic E-state index is 0.178. The minimum atomic E-state index is -0.722. The van der Waals surface area contributed by atoms with E-state index in [1.54, 1.807) is 36.4 Å². The van der Waals surface area contributed by atoms with Crippen molar-refractivity contribution in [1.29, 1.82) is 0 Å². The van der Waals surface area contributed by atoms with Gasteiger partial charge >= 0.3 is 0 Å². The van der Waals surface area contributed by atoms with Crippen LogP contribution in [-0.4, -0.2) is 30.3 Å². The van der Waals surface area contributed by atoms with Crippen LogP contribution in [0.4, 0.5) is 4.39 Å². The second-order valence-electron chi connectivity index (χ2n) is 5.54. The lowest BCUT2D eigenvalue weighted by molar-refractivity contribution is -0.116. The molecule has 2 aromatic carbocycles. The number of H-pyrrole nitrogens is 1. The summed E-state index contributed by atoms with van der Waals surface area (Å²) in [6.45, 7) is 0.178. The summed E-state index contributed by atoms with van der Waals surface area (Å²) in [4.78, 5) is 27.5. The first kappa shape index (κ1) is 16.7. The number of methoxy groups -OCH3 is 1. The number of hydrogen-bond acceptors (Lipinski definition) is 3. The highest BCUT2D eigenvalue weighted by Crippen LogP contribution is 2.24. The first-order valence-electron chi connectivity index (χ1n) is 7.81. The summed E-state index contributed by atoms with van der Waals surface area (Å²) in [6.07, 6.45) is 1.82. The summed E-state index contributed by atoms with van der Waals surface area (Å²) >= 11 is 0. The van der Waals surface area contributed by atoms with E-state index in [1.165, 1.54) is 19.4 Å². The zero-order chi connectivity index (χ0) is 17.8. The van der Waals surface area contributed by atoms with Gasteiger partial charge in [-0.05, 0) is 36.2 Å². The highest BCUT2D eigenvalue weighted by atomic mass is 19.1. The van der Waals surface area contributed by atoms with Gasteiger partial charge in [0.15, 0.2) is 0 Å². The number of amides is 1. The Hall–Kier alpha value is -3.15. The molecule has 0 aliphatic heterocycles. The van der Waals surface area contributed by atoms with E-state index >= 15 is 0 Å². The van der Waals surface area contributed by atoms with Gasteiger partial charge in [0.25, 0.3) is 11.7 Å². The van der Waals surface area contributed by atoms with Crippen LogP contribution in [0.25, 0.3) is 10.9 Å². The van der Waals surface area contributed by atoms with Crippen LogP contribution in [0.15, 0.2) is 48.7 Å². The van der Waals surface area contributed by atoms with Crippen LogP contribution >= 0.6 is 0 Å². The van der Waals surface area contributed by atoms with Crippen molar-refractivity contribution in [2.75, 3.05) is 13.7 Å². The second kappa shape index (κ2) is 7.17. The predicted octanol–water partition coefficient (Wildman–Crippen LogP) is 2.86. The zero-order valence-corrected chi connectivity index (χ0v) is 13.6. The molecule has 0 atom stereocenters. The van der Waals surface area contributed by atoms with E-state index in [1.807, 2.05) is 0 Å². The van der Waals surface area contributed by atoms with Crippen LogP contribution in [0, 0.1) is 5.82 Å². The molecule has 0 aliphatic carbocycles. The summed E-state index contributed by atoms with van der Waals surface area (Å²) in [5.41, 5.74) is 1.51. The summed E-state index contributed by atoms with van der Waals surface area (Å²) < 4.78 is 18.7. The molecule has 128 valence electrons. The highest BCUT2D eigenvalue weighted by molar-refractivity contribution is 6.45. The smallest absolute Gasteiger partial charge is 0.292 e. The normalized spacial score (nSPS) is 10.6. The Morgan fingerprint density at radius 2 is 2.00 bits per heavy atom. The van der Waals surface area contributed by atoms with Crippen molar-refractivity contribution in [2.24, 2.45) is 0 Å². The van der Waals surface area contributed by atoms with E-state index in [2.05, 4.69) is 10.3 Å². The topological polar surface area (TPSA) is 71.2 Å². The van der Waals surface area contributed by atoms with Gasteiger partial charge < -0.3 is 15.0 Å². The van der Waals surface area contributed by atoms with E-state index in [0.29, 0.717) is 23.1 Å². The number of carbonyl (C=O) groups is 2. The van der Waals surface area contributed by atoms with Crippen molar-refractivity contribution in [3.8, 4) is 5.75 Å². The molecule has 3 rings (SSSR count). The Morgan fingerprint density at radius 1 is 1.20 bits per heavy atom. The number of ketones is 1. The number of aromatic amines is 1. The number of fused-ring (bicyclic) bond motifs is 1. The number of hydrogen-bond donors (Lipinski definition) is 2. The van der Waals surface area contributed by atoms with Gasteiger partial charge in [-0.3, -0.25) is 9.59 Å². The summed E-state index contributed by atoms with van der Waals surface area (Å²) in [6, 6.07) is 11.6. The molecular weight excluding hydrogens is 323 g/mol. The number of nitrogens with one attached hydrogen (secondary N) is 2. The van der Waals surface area contributed by atoms with Crippen molar-refractivity contribution in [1.82, 2.24) is 10.3 Å². The third kappa shape index (κ3) is 3.52. The Morgan fingerprint density at radius 3 is 2.76 bits per heavy atom. The van der Waals surface area contributed by atoms with Crippen molar-refractivity contribution in [2.45, 2.75) is 6.42 Å². The van der Waals surface area contributed by atoms with Crippen LogP contribution < -0.4 is 10.1 Å². The number of halogens is 1. The Balaban J connectivity index is 1.68. The van der Waals surface area contributed by atoms with Crippen molar-refractivity contribution < 1.29 is 18.7 Å². The van der Waals surface area contributed by atoms with Crippen LogP contribution in [0.2, 0.25) is 0 Å². The van der Waals surface area contributed by atoms with E-state index in [-0.39, 0.29) is 17.9 Å². The fraction of sp³-hybridized carbons (Fsp3) is 0.158. The van der Waals surface area contributed by atoms with E-state index in [4.69, 9.17) is 4.74 Å². The maximum atomic E-state index is 13.5. The van der Waals surface area contributed by atoms with E-state index in [0.717, 1.165) is 5.52 Å². The van der Waals surface area contributed by atoms with Gasteiger partial charge in [0.1, 0.15) is 11.6 Å². The SMILES string of the molecule is COc1ccc2[nH]cc(C(=O)C(=O)NCCc3ccccc3F)c2c1. The first-order valence-corrected chi connectivity index (χ1v) is 7.81. The van der Waals surface area contributed by atoms with Crippen molar-refractivity contribution >= 4 is 22.6 Å². The molecule has 0 aliphatic rings. The molecule has 0 radical (unpaired) electrons. The summed E-state index contributed by atoms with van der Waals surface area (Å²) in [7, 11) is 1.53. The molecule has 0 unspecified atom stereocenters. The molecule has 0 saturated heterocycles. The van der Waals surface area contributed by atoms with Gasteiger partial charge in [-0.1, -0.05) is 18.2 Å². The quantitative estimate of drug-likeness (QED) is 0.535. The minimum Gasteiger partial charge on any atom is -0.497 e. The van der Waals surface area contributed by atoms with E-state index < -0.39 is 11.7 Å². The van der Waals surface area contributed by atoms with Gasteiger partial charge in [0.2, 0.25) is 0 Å². The van der Waals surface area contributed by atoms with Gasteiger partial charge in [-0.2, -0.15) is 0 Å². The van der Waals surface area contributed by atoms with Crippen LogP contribution in [0.1, 0.15) is 15.9 Å². The average molecular weight is 340 g/mol. The molecule has 5 nitrogen and oxygen atoms in total. The summed E-state index contributed by atoms with van der Waals surface area (Å²) in [5, 5.41) is 3.16. The maximum absolute atomic E-state index is 13.5. The Labute approximate surface area is 143 Å². The highest BCUT2D eigenvalue weighted by Gasteiger charge is 2.20. The second-order valence-corrected chi connectivity index (χ2v) is 5.54. The molecule has 0 spiro atoms. The van der Waals surface area contributed by atoms with Gasteiger partial charge in [0, 0.05) is 23.6 Å². The molecule has 2 N–H and O–H groups in total. The fourth-order valence-electron chi connectivity index (χ4n) is 2.63. The standard InChI is InChI=1S/C19H17FN2O3/c1-25-13-6-7-17-14(10-13)15(11-22-17)18(23)19(24)21-9-8-12-4-2-3-5-16(12)20/h2-7,10-11,22H,8-9H2,1H3,(H,21,24). The molecule has 6 heteroatoms. The number of rotatable bonds is 6. The Kier molecular flexibility index (Phi) is 4.79. The molecule has 1 aromatic heterocycles. The third-order valence-corrected chi connectivity index (χ3v) is 3.98. The Bertz CT molecular complexity index is 933. The summed E-state index contributed by atoms with van der Waals surface area (Å²) in [5.74, 6) is -1.10. The maximum Gasteiger partial charge on any atom is 0.292 e. The van der Waals surface area contributed by atoms with E-state index in [9.17, 15) is 14.0 Å². The number of carbonyl (C=O) groups excluding carboxylic acids is 2. The number of ether oxygens (including phenoxy) is 1. The van der Waals surface area contributed by atoms with Crippen molar-refractivity contribution in [3.63, 3.8) is 0 Å². The predicted molar refractivity (Wildman–Crippen MR) is 92.3 cm³/mol. The first-order chi connectivity index (χ1) is 12.1. The molecule has 0 saturated carbocycles. The number of Topliss-reactive ketones (excluding diaryl/α,β-unsaturated/α-hetero) is 1. The largest absolute Gasteiger partial charge is 0.497 e. The number of aromatic nitrogens is 1. The molecule has 0 fully saturated rings. The average Bonchev–Trinajstić information content (AvgIpc) is 3.05. The van der Waals surface area contributed by atoms with Crippen LogP contribution in [0.5, 0.6) is 5.75 Å². The van der Waals surface area contributed by atoms with Crippen LogP contribution in [0.3, 0.4) is 0 Å². The monoisotopic (exact) mass is 340 g/mol. The van der Waals surface area contributed by atoms with Crippen LogP contribution in [-0.2, 0) is 11.2 Å². The van der Waals surface area contributed by atoms with Gasteiger partial charge in [0.05, 0.1) is 12.7 Å². The third-order valence-electron chi connectivity index (χ3n) is 3.98.